The Hall–Kier alpha value is -1.89. The Balaban J connectivity index is 1.98. The number of benzene rings is 1. The SMILES string of the molecule is CC(C)n1ncc(OCc2ccc(COCCO)cc2)c(Cl)c1=O. The average molecular weight is 353 g/mol. The lowest BCUT2D eigenvalue weighted by Gasteiger charge is -2.12. The summed E-state index contributed by atoms with van der Waals surface area (Å²) >= 11 is 6.07. The number of aliphatic hydroxyl groups is 1. The minimum Gasteiger partial charge on any atom is -0.485 e. The zero-order valence-corrected chi connectivity index (χ0v) is 14.5. The lowest BCUT2D eigenvalue weighted by Crippen LogP contribution is -2.25. The van der Waals surface area contributed by atoms with Gasteiger partial charge in [-0.25, -0.2) is 4.68 Å². The molecule has 0 amide bonds. The van der Waals surface area contributed by atoms with Crippen LogP contribution in [0.15, 0.2) is 35.3 Å². The first kappa shape index (κ1) is 18.4. The molecule has 0 fully saturated rings. The highest BCUT2D eigenvalue weighted by molar-refractivity contribution is 6.31. The van der Waals surface area contributed by atoms with Crippen LogP contribution in [0.4, 0.5) is 0 Å². The molecule has 1 aromatic heterocycles. The maximum atomic E-state index is 12.1. The first-order chi connectivity index (χ1) is 11.5. The van der Waals surface area contributed by atoms with Crippen LogP contribution in [0, 0.1) is 0 Å². The van der Waals surface area contributed by atoms with E-state index < -0.39 is 0 Å². The van der Waals surface area contributed by atoms with Crippen molar-refractivity contribution in [3.05, 3.63) is 57.0 Å². The fraction of sp³-hybridized carbons (Fsp3) is 0.412. The summed E-state index contributed by atoms with van der Waals surface area (Å²) in [5.74, 6) is 0.272. The smallest absolute Gasteiger partial charge is 0.289 e. The van der Waals surface area contributed by atoms with Crippen molar-refractivity contribution in [2.45, 2.75) is 33.1 Å². The number of aliphatic hydroxyl groups excluding tert-OH is 1. The quantitative estimate of drug-likeness (QED) is 0.739. The molecule has 24 heavy (non-hydrogen) atoms. The van der Waals surface area contributed by atoms with Gasteiger partial charge in [0.2, 0.25) is 0 Å². The van der Waals surface area contributed by atoms with E-state index in [-0.39, 0.29) is 35.6 Å². The number of nitrogens with zero attached hydrogens (tertiary/aromatic N) is 2. The molecule has 0 spiro atoms. The van der Waals surface area contributed by atoms with Crippen molar-refractivity contribution in [2.24, 2.45) is 0 Å². The first-order valence-corrected chi connectivity index (χ1v) is 8.07. The maximum Gasteiger partial charge on any atom is 0.289 e. The minimum atomic E-state index is -0.361. The molecule has 1 heterocycles. The third-order valence-corrected chi connectivity index (χ3v) is 3.67. The number of halogens is 1. The Morgan fingerprint density at radius 2 is 1.83 bits per heavy atom. The van der Waals surface area contributed by atoms with E-state index in [1.807, 2.05) is 38.1 Å². The van der Waals surface area contributed by atoms with Crippen LogP contribution in [0.3, 0.4) is 0 Å². The van der Waals surface area contributed by atoms with Gasteiger partial charge in [-0.1, -0.05) is 35.9 Å². The molecule has 6 nitrogen and oxygen atoms in total. The van der Waals surface area contributed by atoms with Gasteiger partial charge in [0.25, 0.3) is 5.56 Å². The zero-order valence-electron chi connectivity index (χ0n) is 13.7. The Kier molecular flexibility index (Phi) is 6.78. The molecule has 0 saturated carbocycles. The Bertz CT molecular complexity index is 714. The van der Waals surface area contributed by atoms with Crippen LogP contribution in [0.5, 0.6) is 5.75 Å². The molecule has 0 aliphatic rings. The Morgan fingerprint density at radius 3 is 2.42 bits per heavy atom. The van der Waals surface area contributed by atoms with Crippen LogP contribution in [0.2, 0.25) is 5.02 Å². The number of hydrogen-bond acceptors (Lipinski definition) is 5. The van der Waals surface area contributed by atoms with Gasteiger partial charge in [-0.2, -0.15) is 5.10 Å². The molecule has 1 aromatic carbocycles. The number of aromatic nitrogens is 2. The van der Waals surface area contributed by atoms with Gasteiger partial charge < -0.3 is 14.6 Å². The van der Waals surface area contributed by atoms with Crippen molar-refractivity contribution in [3.8, 4) is 5.75 Å². The second-order valence-electron chi connectivity index (χ2n) is 5.55. The number of rotatable bonds is 8. The molecule has 0 unspecified atom stereocenters. The summed E-state index contributed by atoms with van der Waals surface area (Å²) in [7, 11) is 0. The predicted molar refractivity (Wildman–Crippen MR) is 91.4 cm³/mol. The second-order valence-corrected chi connectivity index (χ2v) is 5.93. The number of hydrogen-bond donors (Lipinski definition) is 1. The summed E-state index contributed by atoms with van der Waals surface area (Å²) in [5.41, 5.74) is 1.58. The normalized spacial score (nSPS) is 11.0. The van der Waals surface area contributed by atoms with E-state index in [0.717, 1.165) is 11.1 Å². The van der Waals surface area contributed by atoms with Gasteiger partial charge >= 0.3 is 0 Å². The molecule has 0 aliphatic carbocycles. The van der Waals surface area contributed by atoms with Gasteiger partial charge in [0, 0.05) is 0 Å². The molecular weight excluding hydrogens is 332 g/mol. The molecule has 0 saturated heterocycles. The Morgan fingerprint density at radius 1 is 1.21 bits per heavy atom. The fourth-order valence-electron chi connectivity index (χ4n) is 2.05. The molecule has 0 radical (unpaired) electrons. The van der Waals surface area contributed by atoms with Gasteiger partial charge in [-0.3, -0.25) is 4.79 Å². The lowest BCUT2D eigenvalue weighted by molar-refractivity contribution is 0.0815. The predicted octanol–water partition coefficient (Wildman–Crippen LogP) is 2.57. The highest BCUT2D eigenvalue weighted by atomic mass is 35.5. The highest BCUT2D eigenvalue weighted by Gasteiger charge is 2.12. The van der Waals surface area contributed by atoms with Gasteiger partial charge in [0.15, 0.2) is 10.8 Å². The highest BCUT2D eigenvalue weighted by Crippen LogP contribution is 2.20. The lowest BCUT2D eigenvalue weighted by atomic mass is 10.1. The summed E-state index contributed by atoms with van der Waals surface area (Å²) in [4.78, 5) is 12.1. The molecule has 0 atom stereocenters. The Labute approximate surface area is 145 Å². The molecular formula is C17H21ClN2O4. The van der Waals surface area contributed by atoms with Crippen LogP contribution in [-0.2, 0) is 18.0 Å². The third kappa shape index (κ3) is 4.80. The van der Waals surface area contributed by atoms with Crippen LogP contribution >= 0.6 is 11.6 Å². The van der Waals surface area contributed by atoms with Crippen molar-refractivity contribution in [1.29, 1.82) is 0 Å². The largest absolute Gasteiger partial charge is 0.485 e. The van der Waals surface area contributed by atoms with Crippen LogP contribution in [-0.4, -0.2) is 28.1 Å². The van der Waals surface area contributed by atoms with Crippen LogP contribution in [0.1, 0.15) is 31.0 Å². The van der Waals surface area contributed by atoms with E-state index >= 15 is 0 Å². The number of ether oxygens (including phenoxy) is 2. The average Bonchev–Trinajstić information content (AvgIpc) is 2.57. The molecule has 2 aromatic rings. The van der Waals surface area contributed by atoms with Crippen molar-refractivity contribution < 1.29 is 14.6 Å². The monoisotopic (exact) mass is 352 g/mol. The van der Waals surface area contributed by atoms with E-state index in [9.17, 15) is 4.79 Å². The summed E-state index contributed by atoms with van der Waals surface area (Å²) in [6, 6.07) is 7.60. The first-order valence-electron chi connectivity index (χ1n) is 7.69. The summed E-state index contributed by atoms with van der Waals surface area (Å²) in [6.45, 7) is 4.78. The van der Waals surface area contributed by atoms with Crippen molar-refractivity contribution in [3.63, 3.8) is 0 Å². The standard InChI is InChI=1S/C17H21ClN2O4/c1-12(2)20-17(22)16(18)15(9-19-20)24-11-14-5-3-13(4-6-14)10-23-8-7-21/h3-6,9,12,21H,7-8,10-11H2,1-2H3. The van der Waals surface area contributed by atoms with Crippen LogP contribution < -0.4 is 10.3 Å². The summed E-state index contributed by atoms with van der Waals surface area (Å²) < 4.78 is 12.2. The van der Waals surface area contributed by atoms with Gasteiger partial charge in [0.1, 0.15) is 6.61 Å². The molecule has 0 bridgehead atoms. The minimum absolute atomic E-state index is 0.0102. The van der Waals surface area contributed by atoms with E-state index in [0.29, 0.717) is 13.2 Å². The molecule has 7 heteroatoms. The third-order valence-electron chi connectivity index (χ3n) is 3.32. The second kappa shape index (κ2) is 8.82. The maximum absolute atomic E-state index is 12.1. The van der Waals surface area contributed by atoms with Crippen molar-refractivity contribution in [2.75, 3.05) is 13.2 Å². The van der Waals surface area contributed by atoms with Crippen molar-refractivity contribution in [1.82, 2.24) is 9.78 Å². The van der Waals surface area contributed by atoms with E-state index in [4.69, 9.17) is 26.2 Å². The van der Waals surface area contributed by atoms with E-state index in [1.165, 1.54) is 10.9 Å². The molecule has 2 rings (SSSR count). The van der Waals surface area contributed by atoms with Gasteiger partial charge in [-0.15, -0.1) is 0 Å². The summed E-state index contributed by atoms with van der Waals surface area (Å²) in [5, 5.41) is 12.8. The van der Waals surface area contributed by atoms with Gasteiger partial charge in [-0.05, 0) is 25.0 Å². The van der Waals surface area contributed by atoms with E-state index in [2.05, 4.69) is 5.10 Å². The molecule has 1 N–H and O–H groups in total. The van der Waals surface area contributed by atoms with Crippen LogP contribution in [0.25, 0.3) is 0 Å². The fourth-order valence-corrected chi connectivity index (χ4v) is 2.24. The molecule has 0 aliphatic heterocycles. The summed E-state index contributed by atoms with van der Waals surface area (Å²) in [6.07, 6.45) is 1.46. The molecule has 130 valence electrons. The van der Waals surface area contributed by atoms with Crippen molar-refractivity contribution >= 4 is 11.6 Å². The van der Waals surface area contributed by atoms with E-state index in [1.54, 1.807) is 0 Å². The van der Waals surface area contributed by atoms with Gasteiger partial charge in [0.05, 0.1) is 32.1 Å². The topological polar surface area (TPSA) is 73.6 Å². The zero-order chi connectivity index (χ0) is 17.5.